The largest absolute Gasteiger partial charge is 0.365 e. The normalized spacial score (nSPS) is 10.7. The highest BCUT2D eigenvalue weighted by Crippen LogP contribution is 2.23. The van der Waals surface area contributed by atoms with E-state index in [0.717, 1.165) is 16.7 Å². The molecule has 0 unspecified atom stereocenters. The van der Waals surface area contributed by atoms with E-state index in [4.69, 9.17) is 0 Å². The maximum atomic E-state index is 4.64. The number of anilines is 1. The first-order chi connectivity index (χ1) is 11.9. The minimum atomic E-state index is 0.518. The summed E-state index contributed by atoms with van der Waals surface area (Å²) in [5, 5.41) is 4.39. The smallest absolute Gasteiger partial charge is 0.200 e. The van der Waals surface area contributed by atoms with Crippen molar-refractivity contribution in [3.8, 4) is 11.6 Å². The first kappa shape index (κ1) is 14.3. The molecule has 4 aromatic rings. The van der Waals surface area contributed by atoms with Gasteiger partial charge >= 0.3 is 0 Å². The fourth-order valence-electron chi connectivity index (χ4n) is 2.51. The Morgan fingerprint density at radius 3 is 2.29 bits per heavy atom. The highest BCUT2D eigenvalue weighted by atomic mass is 15.1. The van der Waals surface area contributed by atoms with E-state index in [1.807, 2.05) is 42.5 Å². The standard InChI is InChI=1S/C19H15N5/c1-2-7-14(8-3-1)13-22-17-15-9-4-5-10-16(15)23-19(24-17)18-20-11-6-12-21-18/h1-12H,13H2,(H,22,23,24). The van der Waals surface area contributed by atoms with Crippen molar-refractivity contribution >= 4 is 16.7 Å². The molecule has 1 N–H and O–H groups in total. The lowest BCUT2D eigenvalue weighted by Crippen LogP contribution is -2.05. The van der Waals surface area contributed by atoms with Gasteiger partial charge in [-0.25, -0.2) is 19.9 Å². The number of para-hydroxylation sites is 1. The molecule has 0 aliphatic carbocycles. The predicted molar refractivity (Wildman–Crippen MR) is 94.3 cm³/mol. The molecule has 0 saturated heterocycles. The van der Waals surface area contributed by atoms with Gasteiger partial charge in [0.2, 0.25) is 0 Å². The Hall–Kier alpha value is -3.34. The van der Waals surface area contributed by atoms with Crippen LogP contribution in [0.3, 0.4) is 0 Å². The summed E-state index contributed by atoms with van der Waals surface area (Å²) in [4.78, 5) is 17.7. The molecule has 116 valence electrons. The van der Waals surface area contributed by atoms with E-state index in [1.165, 1.54) is 5.56 Å². The van der Waals surface area contributed by atoms with Gasteiger partial charge in [0.25, 0.3) is 0 Å². The lowest BCUT2D eigenvalue weighted by Gasteiger charge is -2.10. The van der Waals surface area contributed by atoms with E-state index < -0.39 is 0 Å². The molecule has 0 fully saturated rings. The third-order valence-electron chi connectivity index (χ3n) is 3.67. The van der Waals surface area contributed by atoms with Crippen molar-refractivity contribution in [2.75, 3.05) is 5.32 Å². The van der Waals surface area contributed by atoms with Crippen LogP contribution in [0.5, 0.6) is 0 Å². The van der Waals surface area contributed by atoms with Crippen LogP contribution in [0, 0.1) is 0 Å². The summed E-state index contributed by atoms with van der Waals surface area (Å²) < 4.78 is 0. The molecular weight excluding hydrogens is 298 g/mol. The maximum absolute atomic E-state index is 4.64. The second-order valence-electron chi connectivity index (χ2n) is 5.32. The van der Waals surface area contributed by atoms with Crippen LogP contribution < -0.4 is 5.32 Å². The van der Waals surface area contributed by atoms with Crippen LogP contribution >= 0.6 is 0 Å². The van der Waals surface area contributed by atoms with Crippen molar-refractivity contribution in [2.45, 2.75) is 6.54 Å². The molecule has 5 heteroatoms. The van der Waals surface area contributed by atoms with Crippen molar-refractivity contribution in [1.82, 2.24) is 19.9 Å². The second kappa shape index (κ2) is 6.42. The predicted octanol–water partition coefficient (Wildman–Crippen LogP) is 3.70. The Balaban J connectivity index is 1.75. The third kappa shape index (κ3) is 2.92. The Kier molecular flexibility index (Phi) is 3.81. The molecule has 0 bridgehead atoms. The third-order valence-corrected chi connectivity index (χ3v) is 3.67. The molecule has 2 aromatic carbocycles. The molecule has 0 spiro atoms. The van der Waals surface area contributed by atoms with Crippen LogP contribution in [0.25, 0.3) is 22.6 Å². The monoisotopic (exact) mass is 313 g/mol. The van der Waals surface area contributed by atoms with Gasteiger partial charge < -0.3 is 5.32 Å². The summed E-state index contributed by atoms with van der Waals surface area (Å²) >= 11 is 0. The highest BCUT2D eigenvalue weighted by Gasteiger charge is 2.10. The number of benzene rings is 2. The second-order valence-corrected chi connectivity index (χ2v) is 5.32. The molecule has 0 aliphatic rings. The lowest BCUT2D eigenvalue weighted by molar-refractivity contribution is 1.07. The Morgan fingerprint density at radius 1 is 0.708 bits per heavy atom. The van der Waals surface area contributed by atoms with E-state index in [-0.39, 0.29) is 0 Å². The van der Waals surface area contributed by atoms with Crippen LogP contribution in [0.15, 0.2) is 73.1 Å². The Labute approximate surface area is 139 Å². The molecule has 2 aromatic heterocycles. The van der Waals surface area contributed by atoms with Gasteiger partial charge in [-0.15, -0.1) is 0 Å². The van der Waals surface area contributed by atoms with E-state index in [2.05, 4.69) is 37.4 Å². The summed E-state index contributed by atoms with van der Waals surface area (Å²) in [6, 6.07) is 19.9. The number of nitrogens with one attached hydrogen (secondary N) is 1. The first-order valence-electron chi connectivity index (χ1n) is 7.72. The van der Waals surface area contributed by atoms with Gasteiger partial charge in [0.05, 0.1) is 5.52 Å². The molecule has 0 aliphatic heterocycles. The fourth-order valence-corrected chi connectivity index (χ4v) is 2.51. The minimum absolute atomic E-state index is 0.518. The Bertz CT molecular complexity index is 955. The topological polar surface area (TPSA) is 63.6 Å². The molecule has 0 atom stereocenters. The quantitative estimate of drug-likeness (QED) is 0.622. The average molecular weight is 313 g/mol. The van der Waals surface area contributed by atoms with Crippen molar-refractivity contribution in [1.29, 1.82) is 0 Å². The van der Waals surface area contributed by atoms with Gasteiger partial charge in [0, 0.05) is 24.3 Å². The van der Waals surface area contributed by atoms with Crippen LogP contribution in [-0.2, 0) is 6.54 Å². The van der Waals surface area contributed by atoms with Gasteiger partial charge in [-0.05, 0) is 23.8 Å². The van der Waals surface area contributed by atoms with E-state index in [0.29, 0.717) is 18.2 Å². The molecule has 0 radical (unpaired) electrons. The zero-order valence-electron chi connectivity index (χ0n) is 12.9. The summed E-state index contributed by atoms with van der Waals surface area (Å²) in [5.74, 6) is 1.82. The van der Waals surface area contributed by atoms with Gasteiger partial charge in [0.1, 0.15) is 5.82 Å². The zero-order valence-corrected chi connectivity index (χ0v) is 12.9. The van der Waals surface area contributed by atoms with Crippen LogP contribution in [0.1, 0.15) is 5.56 Å². The number of aromatic nitrogens is 4. The maximum Gasteiger partial charge on any atom is 0.200 e. The number of rotatable bonds is 4. The van der Waals surface area contributed by atoms with E-state index in [1.54, 1.807) is 18.5 Å². The zero-order chi connectivity index (χ0) is 16.2. The summed E-state index contributed by atoms with van der Waals surface area (Å²) in [6.07, 6.45) is 3.38. The molecule has 4 rings (SSSR count). The molecule has 24 heavy (non-hydrogen) atoms. The van der Waals surface area contributed by atoms with Crippen LogP contribution in [0.2, 0.25) is 0 Å². The molecule has 0 amide bonds. The number of fused-ring (bicyclic) bond motifs is 1. The Morgan fingerprint density at radius 2 is 1.46 bits per heavy atom. The number of hydrogen-bond acceptors (Lipinski definition) is 5. The van der Waals surface area contributed by atoms with Crippen molar-refractivity contribution in [2.24, 2.45) is 0 Å². The molecular formula is C19H15N5. The number of hydrogen-bond donors (Lipinski definition) is 1. The number of nitrogens with zero attached hydrogens (tertiary/aromatic N) is 4. The lowest BCUT2D eigenvalue weighted by atomic mass is 10.2. The van der Waals surface area contributed by atoms with E-state index in [9.17, 15) is 0 Å². The van der Waals surface area contributed by atoms with Gasteiger partial charge in [-0.2, -0.15) is 0 Å². The first-order valence-corrected chi connectivity index (χ1v) is 7.72. The van der Waals surface area contributed by atoms with Crippen molar-refractivity contribution in [3.05, 3.63) is 78.6 Å². The fraction of sp³-hybridized carbons (Fsp3) is 0.0526. The van der Waals surface area contributed by atoms with Crippen molar-refractivity contribution < 1.29 is 0 Å². The summed E-state index contributed by atoms with van der Waals surface area (Å²) in [5.41, 5.74) is 2.06. The average Bonchev–Trinajstić information content (AvgIpc) is 2.67. The van der Waals surface area contributed by atoms with E-state index >= 15 is 0 Å². The van der Waals surface area contributed by atoms with Gasteiger partial charge in [-0.1, -0.05) is 42.5 Å². The summed E-state index contributed by atoms with van der Waals surface area (Å²) in [6.45, 7) is 0.691. The van der Waals surface area contributed by atoms with Crippen molar-refractivity contribution in [3.63, 3.8) is 0 Å². The van der Waals surface area contributed by atoms with Gasteiger partial charge in [0.15, 0.2) is 11.6 Å². The molecule has 0 saturated carbocycles. The molecule has 5 nitrogen and oxygen atoms in total. The SMILES string of the molecule is c1ccc(CNc2nc(-c3ncccn3)nc3ccccc23)cc1. The highest BCUT2D eigenvalue weighted by molar-refractivity contribution is 5.90. The van der Waals surface area contributed by atoms with Crippen LogP contribution in [-0.4, -0.2) is 19.9 Å². The summed E-state index contributed by atoms with van der Waals surface area (Å²) in [7, 11) is 0. The molecule has 2 heterocycles. The minimum Gasteiger partial charge on any atom is -0.365 e. The van der Waals surface area contributed by atoms with Crippen LogP contribution in [0.4, 0.5) is 5.82 Å². The van der Waals surface area contributed by atoms with Gasteiger partial charge in [-0.3, -0.25) is 0 Å².